The van der Waals surface area contributed by atoms with Gasteiger partial charge in [-0.3, -0.25) is 10.1 Å². The van der Waals surface area contributed by atoms with Crippen LogP contribution in [0.3, 0.4) is 0 Å². The van der Waals surface area contributed by atoms with E-state index in [0.717, 1.165) is 26.1 Å². The van der Waals surface area contributed by atoms with Crippen molar-refractivity contribution in [1.82, 2.24) is 10.2 Å². The molecule has 2 aliphatic rings. The smallest absolute Gasteiger partial charge is 0.241 e. The van der Waals surface area contributed by atoms with Gasteiger partial charge in [-0.1, -0.05) is 27.7 Å². The molecule has 1 N–H and O–H groups in total. The SMILES string of the molecule is CCC1NC(C(C)C)C(=O)N1C1CCOCC1C. The minimum Gasteiger partial charge on any atom is -0.381 e. The van der Waals surface area contributed by atoms with Crippen LogP contribution in [-0.4, -0.2) is 42.3 Å². The Balaban J connectivity index is 2.16. The second-order valence-electron chi connectivity index (χ2n) is 5.97. The van der Waals surface area contributed by atoms with E-state index in [9.17, 15) is 4.79 Å². The second kappa shape index (κ2) is 5.57. The standard InChI is InChI=1S/C14H26N2O2/c1-5-12-15-13(9(2)3)14(17)16(12)11-6-7-18-8-10(11)4/h9-13,15H,5-8H2,1-4H3. The van der Waals surface area contributed by atoms with Crippen molar-refractivity contribution in [3.63, 3.8) is 0 Å². The van der Waals surface area contributed by atoms with E-state index in [4.69, 9.17) is 4.74 Å². The molecule has 0 spiro atoms. The molecule has 0 aromatic carbocycles. The molecule has 4 unspecified atom stereocenters. The van der Waals surface area contributed by atoms with E-state index in [0.29, 0.717) is 17.9 Å². The molecule has 4 atom stereocenters. The number of carbonyl (C=O) groups is 1. The van der Waals surface area contributed by atoms with Gasteiger partial charge in [0.1, 0.15) is 0 Å². The molecule has 2 heterocycles. The number of carbonyl (C=O) groups excluding carboxylic acids is 1. The predicted molar refractivity (Wildman–Crippen MR) is 71.1 cm³/mol. The lowest BCUT2D eigenvalue weighted by molar-refractivity contribution is -0.136. The van der Waals surface area contributed by atoms with E-state index in [1.54, 1.807) is 0 Å². The van der Waals surface area contributed by atoms with Crippen LogP contribution in [0.25, 0.3) is 0 Å². The summed E-state index contributed by atoms with van der Waals surface area (Å²) in [6.07, 6.45) is 2.14. The van der Waals surface area contributed by atoms with Gasteiger partial charge in [-0.2, -0.15) is 0 Å². The number of nitrogens with one attached hydrogen (secondary N) is 1. The number of nitrogens with zero attached hydrogens (tertiary/aromatic N) is 1. The quantitative estimate of drug-likeness (QED) is 0.832. The maximum atomic E-state index is 12.6. The molecule has 4 heteroatoms. The Bertz CT molecular complexity index is 306. The number of hydrogen-bond donors (Lipinski definition) is 1. The zero-order chi connectivity index (χ0) is 13.3. The maximum Gasteiger partial charge on any atom is 0.241 e. The second-order valence-corrected chi connectivity index (χ2v) is 5.97. The van der Waals surface area contributed by atoms with Crippen LogP contribution in [0.4, 0.5) is 0 Å². The summed E-state index contributed by atoms with van der Waals surface area (Å²) in [5.41, 5.74) is 0. The van der Waals surface area contributed by atoms with Crippen LogP contribution < -0.4 is 5.32 Å². The van der Waals surface area contributed by atoms with Crippen molar-refractivity contribution >= 4 is 5.91 Å². The lowest BCUT2D eigenvalue weighted by Gasteiger charge is -2.39. The molecule has 0 saturated carbocycles. The number of amides is 1. The molecular formula is C14H26N2O2. The van der Waals surface area contributed by atoms with Crippen molar-refractivity contribution in [2.75, 3.05) is 13.2 Å². The largest absolute Gasteiger partial charge is 0.381 e. The van der Waals surface area contributed by atoms with E-state index >= 15 is 0 Å². The normalized spacial score (nSPS) is 37.6. The molecule has 0 aromatic heterocycles. The maximum absolute atomic E-state index is 12.6. The summed E-state index contributed by atoms with van der Waals surface area (Å²) in [6.45, 7) is 10.1. The minimum absolute atomic E-state index is 0.00926. The van der Waals surface area contributed by atoms with Crippen LogP contribution in [0.15, 0.2) is 0 Å². The first-order valence-corrected chi connectivity index (χ1v) is 7.22. The van der Waals surface area contributed by atoms with Crippen molar-refractivity contribution in [2.24, 2.45) is 11.8 Å². The van der Waals surface area contributed by atoms with Gasteiger partial charge in [0.25, 0.3) is 0 Å². The van der Waals surface area contributed by atoms with Crippen molar-refractivity contribution in [3.8, 4) is 0 Å². The fourth-order valence-electron chi connectivity index (χ4n) is 3.14. The first-order chi connectivity index (χ1) is 8.56. The molecule has 0 radical (unpaired) electrons. The van der Waals surface area contributed by atoms with Crippen LogP contribution >= 0.6 is 0 Å². The Morgan fingerprint density at radius 3 is 2.78 bits per heavy atom. The fourth-order valence-corrected chi connectivity index (χ4v) is 3.14. The number of ether oxygens (including phenoxy) is 1. The van der Waals surface area contributed by atoms with E-state index in [-0.39, 0.29) is 18.1 Å². The highest BCUT2D eigenvalue weighted by Crippen LogP contribution is 2.28. The Hall–Kier alpha value is -0.610. The third-order valence-electron chi connectivity index (χ3n) is 4.23. The van der Waals surface area contributed by atoms with Crippen LogP contribution in [0.1, 0.15) is 40.5 Å². The van der Waals surface area contributed by atoms with Crippen LogP contribution in [0.2, 0.25) is 0 Å². The Kier molecular flexibility index (Phi) is 4.28. The van der Waals surface area contributed by atoms with Crippen LogP contribution in [0, 0.1) is 11.8 Å². The average Bonchev–Trinajstić information content (AvgIpc) is 2.67. The molecule has 2 rings (SSSR count). The summed E-state index contributed by atoms with van der Waals surface area (Å²) >= 11 is 0. The molecule has 0 aromatic rings. The van der Waals surface area contributed by atoms with Gasteiger partial charge < -0.3 is 9.64 Å². The first-order valence-electron chi connectivity index (χ1n) is 7.22. The third-order valence-corrected chi connectivity index (χ3v) is 4.23. The summed E-state index contributed by atoms with van der Waals surface area (Å²) < 4.78 is 5.49. The van der Waals surface area contributed by atoms with E-state index < -0.39 is 0 Å². The number of rotatable bonds is 3. The fraction of sp³-hybridized carbons (Fsp3) is 0.929. The summed E-state index contributed by atoms with van der Waals surface area (Å²) in [4.78, 5) is 14.7. The molecule has 2 fully saturated rings. The molecule has 104 valence electrons. The average molecular weight is 254 g/mol. The third kappa shape index (κ3) is 2.41. The van der Waals surface area contributed by atoms with Gasteiger partial charge in [0, 0.05) is 18.6 Å². The van der Waals surface area contributed by atoms with E-state index in [1.807, 2.05) is 0 Å². The zero-order valence-electron chi connectivity index (χ0n) is 12.0. The van der Waals surface area contributed by atoms with Crippen molar-refractivity contribution in [1.29, 1.82) is 0 Å². The molecule has 2 saturated heterocycles. The minimum atomic E-state index is -0.00926. The Morgan fingerprint density at radius 2 is 2.22 bits per heavy atom. The Morgan fingerprint density at radius 1 is 1.50 bits per heavy atom. The van der Waals surface area contributed by atoms with Gasteiger partial charge in [0.2, 0.25) is 5.91 Å². The highest BCUT2D eigenvalue weighted by molar-refractivity contribution is 5.85. The summed E-state index contributed by atoms with van der Waals surface area (Å²) in [6, 6.07) is 0.331. The molecule has 4 nitrogen and oxygen atoms in total. The number of hydrogen-bond acceptors (Lipinski definition) is 3. The molecule has 0 aliphatic carbocycles. The monoisotopic (exact) mass is 254 g/mol. The van der Waals surface area contributed by atoms with Crippen molar-refractivity contribution in [3.05, 3.63) is 0 Å². The topological polar surface area (TPSA) is 41.6 Å². The summed E-state index contributed by atoms with van der Waals surface area (Å²) in [5.74, 6) is 1.08. The molecule has 2 aliphatic heterocycles. The predicted octanol–water partition coefficient (Wildman–Crippen LogP) is 1.60. The summed E-state index contributed by atoms with van der Waals surface area (Å²) in [7, 11) is 0. The molecule has 1 amide bonds. The molecular weight excluding hydrogens is 228 g/mol. The lowest BCUT2D eigenvalue weighted by atomic mass is 9.95. The van der Waals surface area contributed by atoms with E-state index in [1.165, 1.54) is 0 Å². The van der Waals surface area contributed by atoms with Crippen LogP contribution in [0.5, 0.6) is 0 Å². The summed E-state index contributed by atoms with van der Waals surface area (Å²) in [5, 5.41) is 3.49. The van der Waals surface area contributed by atoms with Gasteiger partial charge in [-0.25, -0.2) is 0 Å². The molecule has 18 heavy (non-hydrogen) atoms. The van der Waals surface area contributed by atoms with Gasteiger partial charge in [-0.15, -0.1) is 0 Å². The molecule has 0 bridgehead atoms. The van der Waals surface area contributed by atoms with Gasteiger partial charge in [0.15, 0.2) is 0 Å². The van der Waals surface area contributed by atoms with Gasteiger partial charge in [0.05, 0.1) is 18.8 Å². The van der Waals surface area contributed by atoms with Crippen molar-refractivity contribution in [2.45, 2.75) is 58.8 Å². The first kappa shape index (κ1) is 13.8. The highest BCUT2D eigenvalue weighted by Gasteiger charge is 2.44. The highest BCUT2D eigenvalue weighted by atomic mass is 16.5. The van der Waals surface area contributed by atoms with E-state index in [2.05, 4.69) is 37.9 Å². The lowest BCUT2D eigenvalue weighted by Crippen LogP contribution is -2.50. The van der Waals surface area contributed by atoms with Crippen LogP contribution in [-0.2, 0) is 9.53 Å². The van der Waals surface area contributed by atoms with Crippen molar-refractivity contribution < 1.29 is 9.53 Å². The van der Waals surface area contributed by atoms with Gasteiger partial charge in [-0.05, 0) is 18.8 Å². The Labute approximate surface area is 110 Å². The van der Waals surface area contributed by atoms with Gasteiger partial charge >= 0.3 is 0 Å². The zero-order valence-corrected chi connectivity index (χ0v) is 12.0.